The Morgan fingerprint density at radius 1 is 1.19 bits per heavy atom. The summed E-state index contributed by atoms with van der Waals surface area (Å²) in [6.45, 7) is 9.18. The van der Waals surface area contributed by atoms with Crippen molar-refractivity contribution in [3.05, 3.63) is 35.4 Å². The largest absolute Gasteiger partial charge is 0.382 e. The lowest BCUT2D eigenvalue weighted by atomic mass is 9.89. The van der Waals surface area contributed by atoms with E-state index in [-0.39, 0.29) is 6.10 Å². The predicted octanol–water partition coefficient (Wildman–Crippen LogP) is 2.68. The minimum absolute atomic E-state index is 0.128. The normalized spacial score (nSPS) is 20.5. The Balaban J connectivity index is 1.88. The molecule has 2 rings (SSSR count). The number of guanidine groups is 1. The summed E-state index contributed by atoms with van der Waals surface area (Å²) in [4.78, 5) is 4.80. The Hall–Kier alpha value is -1.63. The maximum Gasteiger partial charge on any atom is 0.191 e. The zero-order valence-electron chi connectivity index (χ0n) is 17.0. The maximum absolute atomic E-state index is 6.10. The van der Waals surface area contributed by atoms with Crippen LogP contribution in [0.5, 0.6) is 0 Å². The standard InChI is InChI=1S/C21H35N3O3/c1-4-22-21(23-11-13-26-15-14-25-3)24-16-19-6-5-12-27-20(19)18-9-7-17(2)8-10-18/h7-10,19-20H,4-6,11-16H2,1-3H3,(H2,22,23,24). The fourth-order valence-corrected chi connectivity index (χ4v) is 3.19. The van der Waals surface area contributed by atoms with E-state index in [4.69, 9.17) is 19.2 Å². The molecular formula is C21H35N3O3. The van der Waals surface area contributed by atoms with Gasteiger partial charge in [-0.1, -0.05) is 29.8 Å². The number of hydrogen-bond acceptors (Lipinski definition) is 4. The van der Waals surface area contributed by atoms with Crippen LogP contribution in [-0.4, -0.2) is 59.1 Å². The third-order valence-electron chi connectivity index (χ3n) is 4.65. The zero-order valence-corrected chi connectivity index (χ0v) is 17.0. The highest BCUT2D eigenvalue weighted by molar-refractivity contribution is 5.79. The van der Waals surface area contributed by atoms with Crippen molar-refractivity contribution in [2.75, 3.05) is 53.2 Å². The van der Waals surface area contributed by atoms with E-state index < -0.39 is 0 Å². The highest BCUT2D eigenvalue weighted by Gasteiger charge is 2.27. The molecule has 1 aliphatic heterocycles. The summed E-state index contributed by atoms with van der Waals surface area (Å²) in [6.07, 6.45) is 2.37. The molecule has 1 aromatic rings. The van der Waals surface area contributed by atoms with Gasteiger partial charge in [0.1, 0.15) is 0 Å². The first-order chi connectivity index (χ1) is 13.2. The number of nitrogens with zero attached hydrogens (tertiary/aromatic N) is 1. The van der Waals surface area contributed by atoms with Crippen LogP contribution < -0.4 is 10.6 Å². The van der Waals surface area contributed by atoms with Gasteiger partial charge in [0.05, 0.1) is 25.9 Å². The van der Waals surface area contributed by atoms with Crippen molar-refractivity contribution >= 4 is 5.96 Å². The van der Waals surface area contributed by atoms with E-state index in [0.29, 0.717) is 25.7 Å². The Morgan fingerprint density at radius 3 is 2.74 bits per heavy atom. The summed E-state index contributed by atoms with van der Waals surface area (Å²) >= 11 is 0. The Labute approximate surface area is 163 Å². The van der Waals surface area contributed by atoms with E-state index in [1.54, 1.807) is 7.11 Å². The molecule has 0 saturated carbocycles. The van der Waals surface area contributed by atoms with E-state index in [2.05, 4.69) is 48.7 Å². The summed E-state index contributed by atoms with van der Waals surface area (Å²) < 4.78 is 16.6. The number of benzene rings is 1. The molecule has 1 aliphatic rings. The van der Waals surface area contributed by atoms with Crippen LogP contribution >= 0.6 is 0 Å². The van der Waals surface area contributed by atoms with Crippen LogP contribution in [0.3, 0.4) is 0 Å². The van der Waals surface area contributed by atoms with Gasteiger partial charge in [0.15, 0.2) is 5.96 Å². The molecule has 2 N–H and O–H groups in total. The predicted molar refractivity (Wildman–Crippen MR) is 109 cm³/mol. The van der Waals surface area contributed by atoms with E-state index in [1.807, 2.05) is 0 Å². The highest BCUT2D eigenvalue weighted by atomic mass is 16.5. The quantitative estimate of drug-likeness (QED) is 0.373. The molecule has 152 valence electrons. The van der Waals surface area contributed by atoms with Gasteiger partial charge in [-0.2, -0.15) is 0 Å². The number of nitrogens with one attached hydrogen (secondary N) is 2. The molecule has 6 nitrogen and oxygen atoms in total. The lowest BCUT2D eigenvalue weighted by Gasteiger charge is -2.31. The number of aryl methyl sites for hydroxylation is 1. The van der Waals surface area contributed by atoms with Crippen LogP contribution in [0.4, 0.5) is 0 Å². The molecular weight excluding hydrogens is 342 g/mol. The molecule has 6 heteroatoms. The van der Waals surface area contributed by atoms with Gasteiger partial charge < -0.3 is 24.8 Å². The Kier molecular flexibility index (Phi) is 10.2. The first-order valence-electron chi connectivity index (χ1n) is 10.0. The molecule has 0 spiro atoms. The molecule has 27 heavy (non-hydrogen) atoms. The van der Waals surface area contributed by atoms with Crippen LogP contribution in [0.1, 0.15) is 37.0 Å². The van der Waals surface area contributed by atoms with E-state index in [0.717, 1.165) is 45.0 Å². The van der Waals surface area contributed by atoms with Gasteiger partial charge in [-0.25, -0.2) is 0 Å². The molecule has 1 aromatic carbocycles. The van der Waals surface area contributed by atoms with Gasteiger partial charge in [0, 0.05) is 39.3 Å². The molecule has 1 saturated heterocycles. The van der Waals surface area contributed by atoms with Gasteiger partial charge in [-0.05, 0) is 32.3 Å². The van der Waals surface area contributed by atoms with Crippen molar-refractivity contribution in [1.82, 2.24) is 10.6 Å². The number of hydrogen-bond donors (Lipinski definition) is 2. The third-order valence-corrected chi connectivity index (χ3v) is 4.65. The minimum Gasteiger partial charge on any atom is -0.382 e. The first kappa shape index (κ1) is 21.7. The van der Waals surface area contributed by atoms with Crippen molar-refractivity contribution in [2.24, 2.45) is 10.9 Å². The van der Waals surface area contributed by atoms with Crippen LogP contribution in [0.15, 0.2) is 29.3 Å². The van der Waals surface area contributed by atoms with Crippen LogP contribution in [0, 0.1) is 12.8 Å². The smallest absolute Gasteiger partial charge is 0.191 e. The van der Waals surface area contributed by atoms with Gasteiger partial charge in [0.25, 0.3) is 0 Å². The highest BCUT2D eigenvalue weighted by Crippen LogP contribution is 2.33. The summed E-state index contributed by atoms with van der Waals surface area (Å²) in [7, 11) is 1.68. The SMILES string of the molecule is CCNC(=NCC1CCCOC1c1ccc(C)cc1)NCCOCCOC. The van der Waals surface area contributed by atoms with Crippen molar-refractivity contribution in [3.63, 3.8) is 0 Å². The van der Waals surface area contributed by atoms with Gasteiger partial charge in [-0.3, -0.25) is 4.99 Å². The fourth-order valence-electron chi connectivity index (χ4n) is 3.19. The van der Waals surface area contributed by atoms with Gasteiger partial charge in [0.2, 0.25) is 0 Å². The second kappa shape index (κ2) is 12.7. The Morgan fingerprint density at radius 2 is 2.00 bits per heavy atom. The monoisotopic (exact) mass is 377 g/mol. The van der Waals surface area contributed by atoms with Crippen molar-refractivity contribution in [3.8, 4) is 0 Å². The summed E-state index contributed by atoms with van der Waals surface area (Å²) in [5.41, 5.74) is 2.53. The van der Waals surface area contributed by atoms with E-state index in [9.17, 15) is 0 Å². The maximum atomic E-state index is 6.10. The summed E-state index contributed by atoms with van der Waals surface area (Å²) in [5, 5.41) is 6.64. The number of aliphatic imine (C=N–C) groups is 1. The minimum atomic E-state index is 0.128. The molecule has 0 aromatic heterocycles. The Bertz CT molecular complexity index is 548. The molecule has 0 aliphatic carbocycles. The molecule has 1 fully saturated rings. The van der Waals surface area contributed by atoms with Crippen LogP contribution in [0.25, 0.3) is 0 Å². The van der Waals surface area contributed by atoms with E-state index >= 15 is 0 Å². The molecule has 0 bridgehead atoms. The summed E-state index contributed by atoms with van der Waals surface area (Å²) in [6, 6.07) is 8.68. The number of rotatable bonds is 10. The second-order valence-electron chi connectivity index (χ2n) is 6.86. The third kappa shape index (κ3) is 7.87. The van der Waals surface area contributed by atoms with Gasteiger partial charge >= 0.3 is 0 Å². The lowest BCUT2D eigenvalue weighted by Crippen LogP contribution is -2.39. The van der Waals surface area contributed by atoms with Crippen LogP contribution in [-0.2, 0) is 14.2 Å². The fraction of sp³-hybridized carbons (Fsp3) is 0.667. The number of ether oxygens (including phenoxy) is 3. The van der Waals surface area contributed by atoms with Crippen molar-refractivity contribution in [1.29, 1.82) is 0 Å². The zero-order chi connectivity index (χ0) is 19.3. The van der Waals surface area contributed by atoms with Crippen molar-refractivity contribution < 1.29 is 14.2 Å². The molecule has 0 radical (unpaired) electrons. The average molecular weight is 378 g/mol. The van der Waals surface area contributed by atoms with E-state index in [1.165, 1.54) is 11.1 Å². The molecule has 2 unspecified atom stereocenters. The van der Waals surface area contributed by atoms with Crippen LogP contribution in [0.2, 0.25) is 0 Å². The topological polar surface area (TPSA) is 64.1 Å². The molecule has 2 atom stereocenters. The lowest BCUT2D eigenvalue weighted by molar-refractivity contribution is -0.0250. The first-order valence-corrected chi connectivity index (χ1v) is 10.0. The molecule has 0 amide bonds. The second-order valence-corrected chi connectivity index (χ2v) is 6.86. The average Bonchev–Trinajstić information content (AvgIpc) is 2.69. The van der Waals surface area contributed by atoms with Gasteiger partial charge in [-0.15, -0.1) is 0 Å². The molecule has 1 heterocycles. The summed E-state index contributed by atoms with van der Waals surface area (Å²) in [5.74, 6) is 1.23. The van der Waals surface area contributed by atoms with Crippen molar-refractivity contribution in [2.45, 2.75) is 32.8 Å². The number of methoxy groups -OCH3 is 1.